The zero-order valence-electron chi connectivity index (χ0n) is 13.6. The largest absolute Gasteiger partial charge is 0.361 e. The summed E-state index contributed by atoms with van der Waals surface area (Å²) in [6.45, 7) is 6.05. The number of nitrogens with zero attached hydrogens (tertiary/aromatic N) is 1. The summed E-state index contributed by atoms with van der Waals surface area (Å²) >= 11 is 0. The Hall–Kier alpha value is -1.61. The third-order valence-electron chi connectivity index (χ3n) is 5.17. The summed E-state index contributed by atoms with van der Waals surface area (Å²) in [4.78, 5) is 17.7. The Bertz CT molecular complexity index is 646. The maximum absolute atomic E-state index is 11.9. The molecule has 2 aromatic rings. The van der Waals surface area contributed by atoms with Crippen LogP contribution in [-0.4, -0.2) is 34.8 Å². The average molecular weight is 298 g/mol. The number of carbonyl (C=O) groups is 1. The van der Waals surface area contributed by atoms with Gasteiger partial charge in [0, 0.05) is 30.2 Å². The number of likely N-dealkylation sites (tertiary alicyclic amines) is 1. The van der Waals surface area contributed by atoms with E-state index in [1.807, 2.05) is 0 Å². The van der Waals surface area contributed by atoms with E-state index < -0.39 is 0 Å². The number of ketones is 1. The second kappa shape index (κ2) is 6.66. The maximum Gasteiger partial charge on any atom is 0.146 e. The van der Waals surface area contributed by atoms with Gasteiger partial charge < -0.3 is 4.98 Å². The van der Waals surface area contributed by atoms with Gasteiger partial charge in [-0.25, -0.2) is 0 Å². The third kappa shape index (κ3) is 3.09. The van der Waals surface area contributed by atoms with E-state index in [1.165, 1.54) is 29.3 Å². The van der Waals surface area contributed by atoms with Gasteiger partial charge in [-0.1, -0.05) is 31.5 Å². The molecule has 2 heterocycles. The standard InChI is InChI=1S/C19H26N2O/c1-3-15-8-9-19(14(2)22)21(13-15)11-10-16-12-20-18-7-5-4-6-17(16)18/h4-7,12,15,19-20H,3,8-11,13H2,1-2H3/t15-,19+/m0/s1. The van der Waals surface area contributed by atoms with Crippen molar-refractivity contribution in [1.82, 2.24) is 9.88 Å². The van der Waals surface area contributed by atoms with Crippen LogP contribution in [0.15, 0.2) is 30.5 Å². The minimum Gasteiger partial charge on any atom is -0.361 e. The molecule has 0 aliphatic carbocycles. The molecule has 0 bridgehead atoms. The Morgan fingerprint density at radius 1 is 1.32 bits per heavy atom. The van der Waals surface area contributed by atoms with Crippen molar-refractivity contribution in [2.45, 2.75) is 45.6 Å². The molecule has 1 N–H and O–H groups in total. The molecule has 0 saturated carbocycles. The Morgan fingerprint density at radius 2 is 2.14 bits per heavy atom. The first-order chi connectivity index (χ1) is 10.7. The van der Waals surface area contributed by atoms with E-state index in [9.17, 15) is 4.79 Å². The Morgan fingerprint density at radius 3 is 2.91 bits per heavy atom. The summed E-state index contributed by atoms with van der Waals surface area (Å²) in [5.74, 6) is 1.08. The quantitative estimate of drug-likeness (QED) is 0.911. The first-order valence-electron chi connectivity index (χ1n) is 8.48. The number of aromatic nitrogens is 1. The lowest BCUT2D eigenvalue weighted by Gasteiger charge is -2.38. The highest BCUT2D eigenvalue weighted by atomic mass is 16.1. The molecule has 1 aliphatic rings. The van der Waals surface area contributed by atoms with Crippen LogP contribution in [0, 0.1) is 5.92 Å². The lowest BCUT2D eigenvalue weighted by atomic mass is 9.89. The number of piperidine rings is 1. The number of para-hydroxylation sites is 1. The number of hydrogen-bond acceptors (Lipinski definition) is 2. The highest BCUT2D eigenvalue weighted by Crippen LogP contribution is 2.26. The van der Waals surface area contributed by atoms with Crippen LogP contribution < -0.4 is 0 Å². The third-order valence-corrected chi connectivity index (χ3v) is 5.17. The molecule has 0 unspecified atom stereocenters. The molecule has 0 radical (unpaired) electrons. The number of fused-ring (bicyclic) bond motifs is 1. The van der Waals surface area contributed by atoms with Crippen LogP contribution in [0.1, 0.15) is 38.7 Å². The molecular weight excluding hydrogens is 272 g/mol. The van der Waals surface area contributed by atoms with Crippen LogP contribution in [0.3, 0.4) is 0 Å². The Labute approximate surface area is 132 Å². The van der Waals surface area contributed by atoms with Crippen LogP contribution >= 0.6 is 0 Å². The number of carbonyl (C=O) groups excluding carboxylic acids is 1. The van der Waals surface area contributed by atoms with E-state index in [4.69, 9.17) is 0 Å². The van der Waals surface area contributed by atoms with Crippen LogP contribution in [0.2, 0.25) is 0 Å². The maximum atomic E-state index is 11.9. The molecule has 1 aromatic heterocycles. The van der Waals surface area contributed by atoms with Gasteiger partial charge in [0.25, 0.3) is 0 Å². The fraction of sp³-hybridized carbons (Fsp3) is 0.526. The van der Waals surface area contributed by atoms with Crippen LogP contribution in [0.4, 0.5) is 0 Å². The predicted octanol–water partition coefficient (Wildman–Crippen LogP) is 3.79. The fourth-order valence-corrected chi connectivity index (χ4v) is 3.77. The number of H-pyrrole nitrogens is 1. The van der Waals surface area contributed by atoms with E-state index in [2.05, 4.69) is 47.3 Å². The molecule has 22 heavy (non-hydrogen) atoms. The van der Waals surface area contributed by atoms with Gasteiger partial charge in [-0.05, 0) is 43.7 Å². The molecule has 118 valence electrons. The topological polar surface area (TPSA) is 36.1 Å². The molecule has 0 spiro atoms. The predicted molar refractivity (Wildman–Crippen MR) is 91.1 cm³/mol. The zero-order chi connectivity index (χ0) is 15.5. The smallest absolute Gasteiger partial charge is 0.146 e. The van der Waals surface area contributed by atoms with Gasteiger partial charge in [0.2, 0.25) is 0 Å². The minimum absolute atomic E-state index is 0.132. The van der Waals surface area contributed by atoms with Crippen molar-refractivity contribution in [3.05, 3.63) is 36.0 Å². The fourth-order valence-electron chi connectivity index (χ4n) is 3.77. The molecule has 1 aromatic carbocycles. The average Bonchev–Trinajstić information content (AvgIpc) is 2.95. The second-order valence-corrected chi connectivity index (χ2v) is 6.58. The number of rotatable bonds is 5. The molecule has 1 fully saturated rings. The summed E-state index contributed by atoms with van der Waals surface area (Å²) in [6, 6.07) is 8.57. The van der Waals surface area contributed by atoms with Gasteiger partial charge in [-0.3, -0.25) is 9.69 Å². The number of nitrogens with one attached hydrogen (secondary N) is 1. The van der Waals surface area contributed by atoms with Crippen molar-refractivity contribution >= 4 is 16.7 Å². The van der Waals surface area contributed by atoms with E-state index in [0.717, 1.165) is 31.8 Å². The van der Waals surface area contributed by atoms with Crippen LogP contribution in [0.5, 0.6) is 0 Å². The van der Waals surface area contributed by atoms with Gasteiger partial charge >= 0.3 is 0 Å². The van der Waals surface area contributed by atoms with Gasteiger partial charge in [-0.15, -0.1) is 0 Å². The van der Waals surface area contributed by atoms with Crippen LogP contribution in [-0.2, 0) is 11.2 Å². The van der Waals surface area contributed by atoms with Crippen LogP contribution in [0.25, 0.3) is 10.9 Å². The summed E-state index contributed by atoms with van der Waals surface area (Å²) in [5, 5.41) is 1.31. The SMILES string of the molecule is CC[C@H]1CC[C@H](C(C)=O)N(CCc2c[nH]c3ccccc23)C1. The first kappa shape index (κ1) is 15.3. The van der Waals surface area contributed by atoms with Crippen molar-refractivity contribution in [2.75, 3.05) is 13.1 Å². The Balaban J connectivity index is 1.71. The van der Waals surface area contributed by atoms with E-state index >= 15 is 0 Å². The number of hydrogen-bond donors (Lipinski definition) is 1. The van der Waals surface area contributed by atoms with E-state index in [-0.39, 0.29) is 6.04 Å². The minimum atomic E-state index is 0.132. The Kier molecular flexibility index (Phi) is 4.63. The van der Waals surface area contributed by atoms with Crippen molar-refractivity contribution in [3.63, 3.8) is 0 Å². The van der Waals surface area contributed by atoms with E-state index in [0.29, 0.717) is 5.78 Å². The monoisotopic (exact) mass is 298 g/mol. The normalized spacial score (nSPS) is 23.0. The summed E-state index contributed by atoms with van der Waals surface area (Å²) in [6.07, 6.45) is 6.57. The molecule has 2 atom stereocenters. The molecular formula is C19H26N2O. The van der Waals surface area contributed by atoms with E-state index in [1.54, 1.807) is 6.92 Å². The molecule has 0 amide bonds. The molecule has 3 heteroatoms. The van der Waals surface area contributed by atoms with Gasteiger partial charge in [-0.2, -0.15) is 0 Å². The highest BCUT2D eigenvalue weighted by Gasteiger charge is 2.29. The van der Waals surface area contributed by atoms with Crippen molar-refractivity contribution in [1.29, 1.82) is 0 Å². The molecule has 1 saturated heterocycles. The van der Waals surface area contributed by atoms with Gasteiger partial charge in [0.1, 0.15) is 5.78 Å². The lowest BCUT2D eigenvalue weighted by Crippen LogP contribution is -2.47. The first-order valence-corrected chi connectivity index (χ1v) is 8.48. The lowest BCUT2D eigenvalue weighted by molar-refractivity contribution is -0.123. The van der Waals surface area contributed by atoms with Crippen molar-refractivity contribution in [3.8, 4) is 0 Å². The number of Topliss-reactive ketones (excluding diaryl/α,β-unsaturated/α-hetero) is 1. The van der Waals surface area contributed by atoms with Gasteiger partial charge in [0.15, 0.2) is 0 Å². The summed E-state index contributed by atoms with van der Waals surface area (Å²) in [7, 11) is 0. The van der Waals surface area contributed by atoms with Crippen molar-refractivity contribution in [2.24, 2.45) is 5.92 Å². The molecule has 3 nitrogen and oxygen atoms in total. The second-order valence-electron chi connectivity index (χ2n) is 6.58. The summed E-state index contributed by atoms with van der Waals surface area (Å²) < 4.78 is 0. The zero-order valence-corrected chi connectivity index (χ0v) is 13.6. The van der Waals surface area contributed by atoms with Crippen molar-refractivity contribution < 1.29 is 4.79 Å². The molecule has 3 rings (SSSR count). The highest BCUT2D eigenvalue weighted by molar-refractivity contribution is 5.83. The number of benzene rings is 1. The number of aromatic amines is 1. The van der Waals surface area contributed by atoms with Gasteiger partial charge in [0.05, 0.1) is 6.04 Å². The summed E-state index contributed by atoms with van der Waals surface area (Å²) in [5.41, 5.74) is 2.56. The molecule has 1 aliphatic heterocycles.